The number of hydrogen-bond donors (Lipinski definition) is 0. The Bertz CT molecular complexity index is 1450. The Hall–Kier alpha value is -3.65. The molecule has 1 aliphatic heterocycles. The SMILES string of the molecule is CCOC(=O)C1=C(C)N=c2s/c(=C/c3cc(OC)ccc3OC)c(=O)n2C1c1ccc(C)cc1. The van der Waals surface area contributed by atoms with E-state index in [9.17, 15) is 9.59 Å². The van der Waals surface area contributed by atoms with E-state index in [1.54, 1.807) is 50.8 Å². The number of thiazole rings is 1. The number of methoxy groups -OCH3 is 2. The van der Waals surface area contributed by atoms with Crippen LogP contribution in [0.1, 0.15) is 36.6 Å². The predicted molar refractivity (Wildman–Crippen MR) is 131 cm³/mol. The lowest BCUT2D eigenvalue weighted by Crippen LogP contribution is -2.39. The summed E-state index contributed by atoms with van der Waals surface area (Å²) in [6.07, 6.45) is 1.76. The summed E-state index contributed by atoms with van der Waals surface area (Å²) in [5, 5.41) is 0. The Morgan fingerprint density at radius 2 is 1.85 bits per heavy atom. The van der Waals surface area contributed by atoms with Crippen molar-refractivity contribution < 1.29 is 19.0 Å². The van der Waals surface area contributed by atoms with E-state index in [2.05, 4.69) is 4.99 Å². The van der Waals surface area contributed by atoms with Gasteiger partial charge in [-0.3, -0.25) is 9.36 Å². The normalized spacial score (nSPS) is 15.6. The number of rotatable bonds is 6. The first-order valence-corrected chi connectivity index (χ1v) is 11.7. The number of carbonyl (C=O) groups is 1. The molecule has 34 heavy (non-hydrogen) atoms. The number of aryl methyl sites for hydroxylation is 1. The number of allylic oxidation sites excluding steroid dienone is 1. The fraction of sp³-hybridized carbons (Fsp3) is 0.269. The third-order valence-corrected chi connectivity index (χ3v) is 6.62. The maximum absolute atomic E-state index is 13.7. The quantitative estimate of drug-likeness (QED) is 0.509. The van der Waals surface area contributed by atoms with E-state index in [-0.39, 0.29) is 12.2 Å². The van der Waals surface area contributed by atoms with Crippen molar-refractivity contribution in [1.29, 1.82) is 0 Å². The molecule has 2 heterocycles. The standard InChI is InChI=1S/C26H26N2O5S/c1-6-33-25(30)22-16(3)27-26-28(23(22)17-9-7-15(2)8-10-17)24(29)21(34-26)14-18-13-19(31-4)11-12-20(18)32-5/h7-14,23H,6H2,1-5H3/b21-14+. The van der Waals surface area contributed by atoms with Gasteiger partial charge in [-0.25, -0.2) is 9.79 Å². The molecule has 4 rings (SSSR count). The molecule has 1 aliphatic rings. The first-order valence-electron chi connectivity index (χ1n) is 10.9. The Balaban J connectivity index is 1.96. The molecule has 2 aromatic carbocycles. The molecule has 0 N–H and O–H groups in total. The smallest absolute Gasteiger partial charge is 0.338 e. The van der Waals surface area contributed by atoms with Gasteiger partial charge >= 0.3 is 5.97 Å². The van der Waals surface area contributed by atoms with Crippen molar-refractivity contribution in [2.75, 3.05) is 20.8 Å². The van der Waals surface area contributed by atoms with Gasteiger partial charge in [0.1, 0.15) is 11.5 Å². The summed E-state index contributed by atoms with van der Waals surface area (Å²) in [6.45, 7) is 5.75. The number of nitrogens with zero attached hydrogens (tertiary/aromatic N) is 2. The summed E-state index contributed by atoms with van der Waals surface area (Å²) in [7, 11) is 3.16. The van der Waals surface area contributed by atoms with Gasteiger partial charge < -0.3 is 14.2 Å². The Labute approximate surface area is 201 Å². The number of esters is 1. The molecule has 0 saturated heterocycles. The zero-order valence-corrected chi connectivity index (χ0v) is 20.6. The second kappa shape index (κ2) is 9.69. The molecule has 8 heteroatoms. The van der Waals surface area contributed by atoms with Gasteiger partial charge in [-0.05, 0) is 50.6 Å². The van der Waals surface area contributed by atoms with E-state index in [1.165, 1.54) is 11.3 Å². The van der Waals surface area contributed by atoms with Crippen LogP contribution in [0.3, 0.4) is 0 Å². The Morgan fingerprint density at radius 3 is 2.50 bits per heavy atom. The van der Waals surface area contributed by atoms with Crippen molar-refractivity contribution in [3.05, 3.63) is 90.1 Å². The predicted octanol–water partition coefficient (Wildman–Crippen LogP) is 3.12. The molecule has 1 unspecified atom stereocenters. The molecule has 3 aromatic rings. The van der Waals surface area contributed by atoms with Gasteiger partial charge in [-0.15, -0.1) is 0 Å². The highest BCUT2D eigenvalue weighted by atomic mass is 32.1. The van der Waals surface area contributed by atoms with Crippen LogP contribution >= 0.6 is 11.3 Å². The van der Waals surface area contributed by atoms with Gasteiger partial charge in [0.2, 0.25) is 0 Å². The second-order valence-corrected chi connectivity index (χ2v) is 8.83. The maximum atomic E-state index is 13.7. The number of ether oxygens (including phenoxy) is 3. The van der Waals surface area contributed by atoms with E-state index >= 15 is 0 Å². The summed E-state index contributed by atoms with van der Waals surface area (Å²) >= 11 is 1.27. The van der Waals surface area contributed by atoms with Crippen LogP contribution in [-0.2, 0) is 9.53 Å². The molecular formula is C26H26N2O5S. The third-order valence-electron chi connectivity index (χ3n) is 5.63. The van der Waals surface area contributed by atoms with E-state index < -0.39 is 12.0 Å². The van der Waals surface area contributed by atoms with E-state index in [0.29, 0.717) is 37.7 Å². The number of benzene rings is 2. The summed E-state index contributed by atoms with van der Waals surface area (Å²) in [6, 6.07) is 12.5. The molecule has 7 nitrogen and oxygen atoms in total. The van der Waals surface area contributed by atoms with E-state index in [0.717, 1.165) is 11.1 Å². The number of carbonyl (C=O) groups excluding carboxylic acids is 1. The van der Waals surface area contributed by atoms with Gasteiger partial charge in [0.15, 0.2) is 4.80 Å². The lowest BCUT2D eigenvalue weighted by molar-refractivity contribution is -0.139. The van der Waals surface area contributed by atoms with Crippen molar-refractivity contribution in [1.82, 2.24) is 4.57 Å². The minimum Gasteiger partial charge on any atom is -0.497 e. The van der Waals surface area contributed by atoms with Gasteiger partial charge in [-0.1, -0.05) is 41.2 Å². The van der Waals surface area contributed by atoms with Gasteiger partial charge in [0, 0.05) is 5.56 Å². The van der Waals surface area contributed by atoms with Crippen LogP contribution in [0.4, 0.5) is 0 Å². The summed E-state index contributed by atoms with van der Waals surface area (Å²) < 4.78 is 18.2. The monoisotopic (exact) mass is 478 g/mol. The molecule has 1 atom stereocenters. The van der Waals surface area contributed by atoms with Gasteiger partial charge in [-0.2, -0.15) is 0 Å². The van der Waals surface area contributed by atoms with Crippen LogP contribution in [0, 0.1) is 6.92 Å². The number of hydrogen-bond acceptors (Lipinski definition) is 7. The molecule has 0 bridgehead atoms. The number of fused-ring (bicyclic) bond motifs is 1. The van der Waals surface area contributed by atoms with Crippen LogP contribution < -0.4 is 24.4 Å². The summed E-state index contributed by atoms with van der Waals surface area (Å²) in [5.41, 5.74) is 3.27. The van der Waals surface area contributed by atoms with Crippen LogP contribution in [0.15, 0.2) is 63.5 Å². The lowest BCUT2D eigenvalue weighted by Gasteiger charge is -2.24. The number of aromatic nitrogens is 1. The fourth-order valence-corrected chi connectivity index (χ4v) is 4.99. The average molecular weight is 479 g/mol. The first kappa shape index (κ1) is 23.5. The van der Waals surface area contributed by atoms with E-state index in [4.69, 9.17) is 14.2 Å². The summed E-state index contributed by atoms with van der Waals surface area (Å²) in [5.74, 6) is 0.793. The van der Waals surface area contributed by atoms with Crippen LogP contribution in [-0.4, -0.2) is 31.4 Å². The van der Waals surface area contributed by atoms with Crippen molar-refractivity contribution in [2.24, 2.45) is 4.99 Å². The molecule has 0 amide bonds. The lowest BCUT2D eigenvalue weighted by atomic mass is 9.95. The van der Waals surface area contributed by atoms with Crippen molar-refractivity contribution in [3.8, 4) is 11.5 Å². The molecule has 1 aromatic heterocycles. The van der Waals surface area contributed by atoms with Gasteiger partial charge in [0.05, 0.1) is 42.7 Å². The average Bonchev–Trinajstić information content (AvgIpc) is 3.13. The first-order chi connectivity index (χ1) is 16.4. The second-order valence-electron chi connectivity index (χ2n) is 7.82. The molecule has 0 spiro atoms. The van der Waals surface area contributed by atoms with Crippen molar-refractivity contribution in [3.63, 3.8) is 0 Å². The highest BCUT2D eigenvalue weighted by Crippen LogP contribution is 2.31. The van der Waals surface area contributed by atoms with Crippen LogP contribution in [0.25, 0.3) is 6.08 Å². The molecule has 0 saturated carbocycles. The largest absolute Gasteiger partial charge is 0.497 e. The Morgan fingerprint density at radius 1 is 1.12 bits per heavy atom. The molecule has 0 fully saturated rings. The topological polar surface area (TPSA) is 79.1 Å². The van der Waals surface area contributed by atoms with Crippen molar-refractivity contribution in [2.45, 2.75) is 26.8 Å². The molecular weight excluding hydrogens is 452 g/mol. The van der Waals surface area contributed by atoms with E-state index in [1.807, 2.05) is 37.3 Å². The third kappa shape index (κ3) is 4.28. The highest BCUT2D eigenvalue weighted by molar-refractivity contribution is 7.07. The molecule has 0 aliphatic carbocycles. The highest BCUT2D eigenvalue weighted by Gasteiger charge is 2.33. The molecule has 176 valence electrons. The summed E-state index contributed by atoms with van der Waals surface area (Å²) in [4.78, 5) is 31.8. The maximum Gasteiger partial charge on any atom is 0.338 e. The van der Waals surface area contributed by atoms with Crippen LogP contribution in [0.2, 0.25) is 0 Å². The minimum absolute atomic E-state index is 0.232. The van der Waals surface area contributed by atoms with Gasteiger partial charge in [0.25, 0.3) is 5.56 Å². The Kier molecular flexibility index (Phi) is 6.70. The zero-order chi connectivity index (χ0) is 24.4. The molecule has 0 radical (unpaired) electrons. The minimum atomic E-state index is -0.634. The zero-order valence-electron chi connectivity index (χ0n) is 19.7. The fourth-order valence-electron chi connectivity index (χ4n) is 3.95. The van der Waals surface area contributed by atoms with Crippen LogP contribution in [0.5, 0.6) is 11.5 Å². The van der Waals surface area contributed by atoms with Crippen molar-refractivity contribution >= 4 is 23.4 Å².